The predicted molar refractivity (Wildman–Crippen MR) is 73.1 cm³/mol. The highest BCUT2D eigenvalue weighted by atomic mass is 19.3. The van der Waals surface area contributed by atoms with Crippen molar-refractivity contribution in [3.63, 3.8) is 0 Å². The van der Waals surface area contributed by atoms with Crippen LogP contribution in [-0.4, -0.2) is 18.5 Å². The Morgan fingerprint density at radius 1 is 1.33 bits per heavy atom. The third-order valence-corrected chi connectivity index (χ3v) is 4.57. The molecule has 0 bridgehead atoms. The van der Waals surface area contributed by atoms with Crippen LogP contribution in [0.3, 0.4) is 0 Å². The minimum Gasteiger partial charge on any atom is -0.313 e. The SMILES string of the molecule is CCCNC(CC1CCC(F)(F)C1)C(C)(C)CC. The summed E-state index contributed by atoms with van der Waals surface area (Å²) >= 11 is 0. The number of nitrogens with one attached hydrogen (secondary N) is 1. The van der Waals surface area contributed by atoms with Crippen molar-refractivity contribution in [1.82, 2.24) is 5.32 Å². The van der Waals surface area contributed by atoms with E-state index in [1.165, 1.54) is 0 Å². The molecule has 0 aromatic heterocycles. The van der Waals surface area contributed by atoms with Crippen molar-refractivity contribution < 1.29 is 8.78 Å². The average molecular weight is 261 g/mol. The van der Waals surface area contributed by atoms with Gasteiger partial charge in [-0.2, -0.15) is 0 Å². The predicted octanol–water partition coefficient (Wildman–Crippen LogP) is 4.62. The van der Waals surface area contributed by atoms with Gasteiger partial charge in [-0.3, -0.25) is 0 Å². The van der Waals surface area contributed by atoms with E-state index in [4.69, 9.17) is 0 Å². The maximum absolute atomic E-state index is 13.3. The van der Waals surface area contributed by atoms with Gasteiger partial charge in [0.1, 0.15) is 0 Å². The molecule has 0 aliphatic heterocycles. The third kappa shape index (κ3) is 4.49. The van der Waals surface area contributed by atoms with E-state index in [0.29, 0.717) is 12.5 Å². The number of rotatable bonds is 7. The summed E-state index contributed by atoms with van der Waals surface area (Å²) in [7, 11) is 0. The van der Waals surface area contributed by atoms with Crippen LogP contribution in [0.25, 0.3) is 0 Å². The highest BCUT2D eigenvalue weighted by Crippen LogP contribution is 2.42. The Balaban J connectivity index is 2.56. The zero-order valence-corrected chi connectivity index (χ0v) is 12.4. The summed E-state index contributed by atoms with van der Waals surface area (Å²) in [6.07, 6.45) is 3.95. The highest BCUT2D eigenvalue weighted by Gasteiger charge is 2.41. The zero-order chi connectivity index (χ0) is 13.8. The van der Waals surface area contributed by atoms with Crippen LogP contribution in [0.2, 0.25) is 0 Å². The van der Waals surface area contributed by atoms with Crippen LogP contribution in [-0.2, 0) is 0 Å². The van der Waals surface area contributed by atoms with Crippen LogP contribution in [0, 0.1) is 11.3 Å². The van der Waals surface area contributed by atoms with Crippen LogP contribution >= 0.6 is 0 Å². The molecule has 18 heavy (non-hydrogen) atoms. The minimum absolute atomic E-state index is 0.0880. The summed E-state index contributed by atoms with van der Waals surface area (Å²) in [5.74, 6) is -2.21. The van der Waals surface area contributed by atoms with Gasteiger partial charge in [-0.15, -0.1) is 0 Å². The van der Waals surface area contributed by atoms with E-state index in [2.05, 4.69) is 33.0 Å². The van der Waals surface area contributed by atoms with Gasteiger partial charge in [-0.05, 0) is 43.6 Å². The third-order valence-electron chi connectivity index (χ3n) is 4.57. The second-order valence-electron chi connectivity index (χ2n) is 6.55. The monoisotopic (exact) mass is 261 g/mol. The fourth-order valence-corrected chi connectivity index (χ4v) is 2.82. The molecule has 0 aromatic rings. The largest absolute Gasteiger partial charge is 0.313 e. The van der Waals surface area contributed by atoms with E-state index in [-0.39, 0.29) is 24.2 Å². The Bertz CT molecular complexity index is 251. The van der Waals surface area contributed by atoms with Crippen LogP contribution in [0.5, 0.6) is 0 Å². The van der Waals surface area contributed by atoms with Gasteiger partial charge in [0.2, 0.25) is 5.92 Å². The van der Waals surface area contributed by atoms with E-state index in [0.717, 1.165) is 25.8 Å². The van der Waals surface area contributed by atoms with E-state index >= 15 is 0 Å². The van der Waals surface area contributed by atoms with Gasteiger partial charge in [0, 0.05) is 18.9 Å². The first-order valence-corrected chi connectivity index (χ1v) is 7.42. The quantitative estimate of drug-likeness (QED) is 0.705. The number of alkyl halides is 2. The van der Waals surface area contributed by atoms with Gasteiger partial charge in [-0.25, -0.2) is 8.78 Å². The molecule has 1 saturated carbocycles. The van der Waals surface area contributed by atoms with Crippen molar-refractivity contribution >= 4 is 0 Å². The zero-order valence-electron chi connectivity index (χ0n) is 12.4. The van der Waals surface area contributed by atoms with E-state index in [1.807, 2.05) is 0 Å². The van der Waals surface area contributed by atoms with Crippen molar-refractivity contribution in [2.75, 3.05) is 6.54 Å². The van der Waals surface area contributed by atoms with Crippen LogP contribution < -0.4 is 5.32 Å². The Morgan fingerprint density at radius 3 is 2.44 bits per heavy atom. The molecular formula is C15H29F2N. The molecule has 1 nitrogen and oxygen atoms in total. The summed E-state index contributed by atoms with van der Waals surface area (Å²) in [5.41, 5.74) is 0.188. The van der Waals surface area contributed by atoms with Gasteiger partial charge in [0.25, 0.3) is 0 Å². The smallest absolute Gasteiger partial charge is 0.248 e. The van der Waals surface area contributed by atoms with Gasteiger partial charge in [-0.1, -0.05) is 27.7 Å². The lowest BCUT2D eigenvalue weighted by Gasteiger charge is -2.36. The topological polar surface area (TPSA) is 12.0 Å². The van der Waals surface area contributed by atoms with Crippen molar-refractivity contribution in [3.05, 3.63) is 0 Å². The van der Waals surface area contributed by atoms with Crippen LogP contribution in [0.1, 0.15) is 66.2 Å². The second-order valence-corrected chi connectivity index (χ2v) is 6.55. The van der Waals surface area contributed by atoms with Gasteiger partial charge < -0.3 is 5.32 Å². The van der Waals surface area contributed by atoms with E-state index in [9.17, 15) is 8.78 Å². The fraction of sp³-hybridized carbons (Fsp3) is 1.00. The normalized spacial score (nSPS) is 25.3. The van der Waals surface area contributed by atoms with Crippen LogP contribution in [0.15, 0.2) is 0 Å². The van der Waals surface area contributed by atoms with E-state index < -0.39 is 5.92 Å². The van der Waals surface area contributed by atoms with Crippen molar-refractivity contribution in [1.29, 1.82) is 0 Å². The summed E-state index contributed by atoms with van der Waals surface area (Å²) in [5, 5.41) is 3.57. The molecule has 1 aliphatic rings. The Hall–Kier alpha value is -0.180. The summed E-state index contributed by atoms with van der Waals surface area (Å²) in [4.78, 5) is 0. The van der Waals surface area contributed by atoms with E-state index in [1.54, 1.807) is 0 Å². The maximum atomic E-state index is 13.3. The minimum atomic E-state index is -2.41. The number of hydrogen-bond acceptors (Lipinski definition) is 1. The van der Waals surface area contributed by atoms with Crippen molar-refractivity contribution in [2.24, 2.45) is 11.3 Å². The molecule has 1 rings (SSSR count). The number of hydrogen-bond donors (Lipinski definition) is 1. The lowest BCUT2D eigenvalue weighted by atomic mass is 9.77. The molecule has 0 aromatic carbocycles. The molecule has 0 spiro atoms. The first-order valence-electron chi connectivity index (χ1n) is 7.42. The summed E-state index contributed by atoms with van der Waals surface area (Å²) in [6, 6.07) is 0.362. The molecule has 3 heteroatoms. The molecule has 1 fully saturated rings. The lowest BCUT2D eigenvalue weighted by molar-refractivity contribution is 0.00351. The summed E-state index contributed by atoms with van der Waals surface area (Å²) in [6.45, 7) is 9.80. The molecule has 1 aliphatic carbocycles. The van der Waals surface area contributed by atoms with Gasteiger partial charge in [0.15, 0.2) is 0 Å². The van der Waals surface area contributed by atoms with Crippen molar-refractivity contribution in [3.8, 4) is 0 Å². The van der Waals surface area contributed by atoms with Gasteiger partial charge in [0.05, 0.1) is 0 Å². The van der Waals surface area contributed by atoms with Gasteiger partial charge >= 0.3 is 0 Å². The molecule has 0 heterocycles. The van der Waals surface area contributed by atoms with Crippen LogP contribution in [0.4, 0.5) is 8.78 Å². The maximum Gasteiger partial charge on any atom is 0.248 e. The second kappa shape index (κ2) is 6.31. The molecule has 0 radical (unpaired) electrons. The molecule has 1 N–H and O–H groups in total. The molecule has 0 saturated heterocycles. The molecule has 2 unspecified atom stereocenters. The number of halogens is 2. The molecule has 108 valence electrons. The Morgan fingerprint density at radius 2 is 2.00 bits per heavy atom. The molecular weight excluding hydrogens is 232 g/mol. The standard InChI is InChI=1S/C15H29F2N/c1-5-9-18-13(14(3,4)6-2)10-12-7-8-15(16,17)11-12/h12-13,18H,5-11H2,1-4H3. The molecule has 0 amide bonds. The average Bonchev–Trinajstić information content (AvgIpc) is 2.63. The first kappa shape index (κ1) is 15.9. The Labute approximate surface area is 111 Å². The fourth-order valence-electron chi connectivity index (χ4n) is 2.82. The molecule has 2 atom stereocenters. The lowest BCUT2D eigenvalue weighted by Crippen LogP contribution is -2.43. The Kier molecular flexibility index (Phi) is 5.57. The highest BCUT2D eigenvalue weighted by molar-refractivity contribution is 4.89. The summed E-state index contributed by atoms with van der Waals surface area (Å²) < 4.78 is 26.5. The van der Waals surface area contributed by atoms with Crippen molar-refractivity contribution in [2.45, 2.75) is 78.2 Å². The first-order chi connectivity index (χ1) is 8.30.